The number of benzene rings is 2. The van der Waals surface area contributed by atoms with Crippen LogP contribution < -0.4 is 11.1 Å². The Morgan fingerprint density at radius 2 is 1.84 bits per heavy atom. The Labute approximate surface area is 178 Å². The number of aromatic nitrogens is 4. The molecule has 0 bridgehead atoms. The molecule has 2 aromatic heterocycles. The van der Waals surface area contributed by atoms with Gasteiger partial charge in [0.05, 0.1) is 17.6 Å². The molecule has 0 amide bonds. The smallest absolute Gasteiger partial charge is 0.225 e. The van der Waals surface area contributed by atoms with Gasteiger partial charge in [0.1, 0.15) is 17.5 Å². The molecule has 0 atom stereocenters. The van der Waals surface area contributed by atoms with Gasteiger partial charge in [0.25, 0.3) is 0 Å². The molecule has 4 rings (SSSR count). The molecular formula is C22H23F2N7. The number of fused-ring (bicyclic) bond motifs is 1. The maximum absolute atomic E-state index is 14.6. The first kappa shape index (κ1) is 20.7. The predicted octanol–water partition coefficient (Wildman–Crippen LogP) is 3.38. The van der Waals surface area contributed by atoms with Crippen LogP contribution in [-0.2, 0) is 6.54 Å². The minimum Gasteiger partial charge on any atom is -0.383 e. The number of hydrogen-bond acceptors (Lipinski definition) is 6. The summed E-state index contributed by atoms with van der Waals surface area (Å²) in [5.74, 6) is -0.770. The van der Waals surface area contributed by atoms with Crippen LogP contribution in [0.5, 0.6) is 0 Å². The molecule has 2 heterocycles. The van der Waals surface area contributed by atoms with Crippen molar-refractivity contribution >= 4 is 22.8 Å². The van der Waals surface area contributed by atoms with E-state index < -0.39 is 11.6 Å². The van der Waals surface area contributed by atoms with Crippen LogP contribution in [0.4, 0.5) is 20.5 Å². The summed E-state index contributed by atoms with van der Waals surface area (Å²) >= 11 is 0. The van der Waals surface area contributed by atoms with E-state index in [4.69, 9.17) is 5.73 Å². The highest BCUT2D eigenvalue weighted by molar-refractivity contribution is 5.99. The Hall–Kier alpha value is -3.59. The Balaban J connectivity index is 1.83. The van der Waals surface area contributed by atoms with Crippen molar-refractivity contribution in [3.63, 3.8) is 0 Å². The fourth-order valence-electron chi connectivity index (χ4n) is 3.28. The average molecular weight is 423 g/mol. The molecule has 0 aliphatic heterocycles. The second-order valence-corrected chi connectivity index (χ2v) is 7.48. The molecule has 31 heavy (non-hydrogen) atoms. The highest BCUT2D eigenvalue weighted by Gasteiger charge is 2.21. The van der Waals surface area contributed by atoms with Crippen LogP contribution >= 0.6 is 0 Å². The Bertz CT molecular complexity index is 1210. The van der Waals surface area contributed by atoms with E-state index in [1.807, 2.05) is 49.3 Å². The molecule has 160 valence electrons. The van der Waals surface area contributed by atoms with Gasteiger partial charge in [-0.2, -0.15) is 4.98 Å². The minimum atomic E-state index is -0.727. The largest absolute Gasteiger partial charge is 0.383 e. The SMILES string of the molecule is CN(C)CCNc1nc(-c2ccc(F)cc2F)c2c(N)n(Cc3ccccc3)nc2n1. The lowest BCUT2D eigenvalue weighted by molar-refractivity contribution is 0.425. The number of rotatable bonds is 7. The summed E-state index contributed by atoms with van der Waals surface area (Å²) in [7, 11) is 3.91. The molecule has 0 radical (unpaired) electrons. The standard InChI is InChI=1S/C22H23F2N7/c1-30(2)11-10-26-22-27-19(16-9-8-15(23)12-17(16)24)18-20(25)31(29-21(18)28-22)13-14-6-4-3-5-7-14/h3-9,12H,10-11,13,25H2,1-2H3,(H,26,28,29). The highest BCUT2D eigenvalue weighted by atomic mass is 19.1. The molecule has 0 unspecified atom stereocenters. The van der Waals surface area contributed by atoms with Gasteiger partial charge in [-0.3, -0.25) is 0 Å². The Kier molecular flexibility index (Phi) is 5.77. The fourth-order valence-corrected chi connectivity index (χ4v) is 3.28. The number of hydrogen-bond donors (Lipinski definition) is 2. The van der Waals surface area contributed by atoms with Crippen molar-refractivity contribution in [2.75, 3.05) is 38.2 Å². The van der Waals surface area contributed by atoms with Crippen LogP contribution in [0, 0.1) is 11.6 Å². The summed E-state index contributed by atoms with van der Waals surface area (Å²) < 4.78 is 29.8. The number of nitrogen functional groups attached to an aromatic ring is 1. The number of halogens is 2. The lowest BCUT2D eigenvalue weighted by atomic mass is 10.1. The van der Waals surface area contributed by atoms with Crippen LogP contribution in [0.1, 0.15) is 5.56 Å². The fraction of sp³-hybridized carbons (Fsp3) is 0.227. The molecule has 7 nitrogen and oxygen atoms in total. The number of likely N-dealkylation sites (N-methyl/N-ethyl adjacent to an activating group) is 1. The van der Waals surface area contributed by atoms with Gasteiger partial charge in [-0.1, -0.05) is 30.3 Å². The second kappa shape index (κ2) is 8.65. The molecule has 0 spiro atoms. The molecule has 0 aliphatic rings. The lowest BCUT2D eigenvalue weighted by Gasteiger charge is -2.12. The number of nitrogens with zero attached hydrogens (tertiary/aromatic N) is 5. The number of nitrogens with one attached hydrogen (secondary N) is 1. The van der Waals surface area contributed by atoms with E-state index in [1.54, 1.807) is 4.68 Å². The molecule has 9 heteroatoms. The van der Waals surface area contributed by atoms with E-state index in [1.165, 1.54) is 12.1 Å². The van der Waals surface area contributed by atoms with Crippen molar-refractivity contribution in [2.45, 2.75) is 6.54 Å². The summed E-state index contributed by atoms with van der Waals surface area (Å²) in [6.07, 6.45) is 0. The average Bonchev–Trinajstić information content (AvgIpc) is 3.03. The summed E-state index contributed by atoms with van der Waals surface area (Å²) in [6.45, 7) is 1.77. The molecule has 2 aromatic carbocycles. The molecule has 0 saturated heterocycles. The molecule has 4 aromatic rings. The van der Waals surface area contributed by atoms with Gasteiger partial charge in [0.15, 0.2) is 5.65 Å². The zero-order chi connectivity index (χ0) is 22.0. The third kappa shape index (κ3) is 4.46. The quantitative estimate of drug-likeness (QED) is 0.474. The first-order chi connectivity index (χ1) is 14.9. The topological polar surface area (TPSA) is 84.9 Å². The van der Waals surface area contributed by atoms with Crippen LogP contribution in [0.2, 0.25) is 0 Å². The van der Waals surface area contributed by atoms with Gasteiger partial charge in [0.2, 0.25) is 5.95 Å². The Morgan fingerprint density at radius 3 is 2.55 bits per heavy atom. The van der Waals surface area contributed by atoms with Gasteiger partial charge in [-0.05, 0) is 31.8 Å². The van der Waals surface area contributed by atoms with Crippen molar-refractivity contribution in [2.24, 2.45) is 0 Å². The third-order valence-corrected chi connectivity index (χ3v) is 4.84. The van der Waals surface area contributed by atoms with E-state index in [-0.39, 0.29) is 11.3 Å². The van der Waals surface area contributed by atoms with Crippen LogP contribution in [0.3, 0.4) is 0 Å². The molecule has 0 fully saturated rings. The maximum atomic E-state index is 14.6. The number of nitrogens with two attached hydrogens (primary N) is 1. The van der Waals surface area contributed by atoms with E-state index in [9.17, 15) is 8.78 Å². The van der Waals surface area contributed by atoms with Gasteiger partial charge < -0.3 is 16.0 Å². The molecule has 0 saturated carbocycles. The van der Waals surface area contributed by atoms with Gasteiger partial charge >= 0.3 is 0 Å². The summed E-state index contributed by atoms with van der Waals surface area (Å²) in [4.78, 5) is 11.0. The van der Waals surface area contributed by atoms with Crippen molar-refractivity contribution in [1.82, 2.24) is 24.6 Å². The monoisotopic (exact) mass is 423 g/mol. The van der Waals surface area contributed by atoms with Crippen molar-refractivity contribution in [3.05, 3.63) is 65.7 Å². The molecule has 3 N–H and O–H groups in total. The summed E-state index contributed by atoms with van der Waals surface area (Å²) in [6, 6.07) is 13.1. The summed E-state index contributed by atoms with van der Waals surface area (Å²) in [5, 5.41) is 8.11. The van der Waals surface area contributed by atoms with E-state index >= 15 is 0 Å². The van der Waals surface area contributed by atoms with Gasteiger partial charge in [-0.15, -0.1) is 5.10 Å². The zero-order valence-corrected chi connectivity index (χ0v) is 17.3. The predicted molar refractivity (Wildman–Crippen MR) is 118 cm³/mol. The highest BCUT2D eigenvalue weighted by Crippen LogP contribution is 2.33. The Morgan fingerprint density at radius 1 is 1.06 bits per heavy atom. The van der Waals surface area contributed by atoms with Gasteiger partial charge in [-0.25, -0.2) is 18.4 Å². The summed E-state index contributed by atoms with van der Waals surface area (Å²) in [5.41, 5.74) is 8.15. The second-order valence-electron chi connectivity index (χ2n) is 7.48. The van der Waals surface area contributed by atoms with Gasteiger partial charge in [0, 0.05) is 24.7 Å². The zero-order valence-electron chi connectivity index (χ0n) is 17.3. The van der Waals surface area contributed by atoms with Crippen LogP contribution in [0.15, 0.2) is 48.5 Å². The van der Waals surface area contributed by atoms with E-state index in [0.717, 1.165) is 18.2 Å². The lowest BCUT2D eigenvalue weighted by Crippen LogP contribution is -2.21. The molecular weight excluding hydrogens is 400 g/mol. The first-order valence-corrected chi connectivity index (χ1v) is 9.84. The van der Waals surface area contributed by atoms with Crippen molar-refractivity contribution in [1.29, 1.82) is 0 Å². The number of anilines is 2. The molecule has 0 aliphatic carbocycles. The van der Waals surface area contributed by atoms with E-state index in [0.29, 0.717) is 35.9 Å². The van der Waals surface area contributed by atoms with Crippen molar-refractivity contribution < 1.29 is 8.78 Å². The van der Waals surface area contributed by atoms with Crippen molar-refractivity contribution in [3.8, 4) is 11.3 Å². The van der Waals surface area contributed by atoms with Crippen LogP contribution in [-0.4, -0.2) is 51.8 Å². The minimum absolute atomic E-state index is 0.135. The normalized spacial score (nSPS) is 11.4. The first-order valence-electron chi connectivity index (χ1n) is 9.84. The van der Waals surface area contributed by atoms with E-state index in [2.05, 4.69) is 20.4 Å². The third-order valence-electron chi connectivity index (χ3n) is 4.84. The maximum Gasteiger partial charge on any atom is 0.225 e. The van der Waals surface area contributed by atoms with Crippen LogP contribution in [0.25, 0.3) is 22.3 Å².